The molecular formula is C24H29N3O3. The SMILES string of the molecule is C[C@H]1CCc2c(ccc(-c3cnn(C4CCO4)c3)c2OC2CCC2)N1C(=O)C1CC1. The summed E-state index contributed by atoms with van der Waals surface area (Å²) in [6, 6.07) is 4.50. The molecule has 2 aromatic rings. The minimum absolute atomic E-state index is 0.0554. The maximum atomic E-state index is 13.1. The summed E-state index contributed by atoms with van der Waals surface area (Å²) in [5, 5.41) is 4.54. The van der Waals surface area contributed by atoms with Crippen LogP contribution in [-0.4, -0.2) is 34.4 Å². The minimum Gasteiger partial charge on any atom is -0.489 e. The highest BCUT2D eigenvalue weighted by Gasteiger charge is 2.39. The van der Waals surface area contributed by atoms with Crippen molar-refractivity contribution < 1.29 is 14.3 Å². The lowest BCUT2D eigenvalue weighted by Gasteiger charge is -2.38. The van der Waals surface area contributed by atoms with Crippen LogP contribution >= 0.6 is 0 Å². The second kappa shape index (κ2) is 7.12. The van der Waals surface area contributed by atoms with Gasteiger partial charge in [0, 0.05) is 41.3 Å². The molecule has 1 amide bonds. The second-order valence-corrected chi connectivity index (χ2v) is 9.30. The van der Waals surface area contributed by atoms with Gasteiger partial charge in [-0.15, -0.1) is 0 Å². The lowest BCUT2D eigenvalue weighted by Crippen LogP contribution is -2.43. The van der Waals surface area contributed by atoms with E-state index in [2.05, 4.69) is 35.3 Å². The van der Waals surface area contributed by atoms with E-state index in [0.717, 1.165) is 74.1 Å². The Balaban J connectivity index is 1.42. The fraction of sp³-hybridized carbons (Fsp3) is 0.583. The molecule has 0 bridgehead atoms. The highest BCUT2D eigenvalue weighted by molar-refractivity contribution is 5.99. The number of hydrogen-bond donors (Lipinski definition) is 0. The van der Waals surface area contributed by atoms with Crippen molar-refractivity contribution in [3.8, 4) is 16.9 Å². The highest BCUT2D eigenvalue weighted by atomic mass is 16.5. The summed E-state index contributed by atoms with van der Waals surface area (Å²) in [6.07, 6.45) is 12.8. The van der Waals surface area contributed by atoms with Crippen LogP contribution in [0.1, 0.15) is 63.7 Å². The largest absolute Gasteiger partial charge is 0.489 e. The number of aromatic nitrogens is 2. The molecule has 1 saturated heterocycles. The molecule has 2 atom stereocenters. The number of benzene rings is 1. The third-order valence-corrected chi connectivity index (χ3v) is 7.13. The topological polar surface area (TPSA) is 56.6 Å². The van der Waals surface area contributed by atoms with Crippen LogP contribution in [0, 0.1) is 5.92 Å². The van der Waals surface area contributed by atoms with Gasteiger partial charge in [0.1, 0.15) is 5.75 Å². The Morgan fingerprint density at radius 1 is 1.17 bits per heavy atom. The van der Waals surface area contributed by atoms with Crippen LogP contribution in [0.4, 0.5) is 5.69 Å². The molecule has 3 fully saturated rings. The molecule has 2 aliphatic heterocycles. The summed E-state index contributed by atoms with van der Waals surface area (Å²) >= 11 is 0. The molecule has 6 nitrogen and oxygen atoms in total. The monoisotopic (exact) mass is 407 g/mol. The normalized spacial score (nSPS) is 26.0. The van der Waals surface area contributed by atoms with Gasteiger partial charge in [-0.05, 0) is 64.0 Å². The fourth-order valence-electron chi connectivity index (χ4n) is 4.75. The summed E-state index contributed by atoms with van der Waals surface area (Å²) in [4.78, 5) is 15.1. The van der Waals surface area contributed by atoms with E-state index in [1.807, 2.05) is 10.9 Å². The zero-order valence-electron chi connectivity index (χ0n) is 17.5. The molecule has 3 heterocycles. The zero-order valence-corrected chi connectivity index (χ0v) is 17.5. The van der Waals surface area contributed by atoms with Crippen LogP contribution in [0.15, 0.2) is 24.5 Å². The number of ether oxygens (including phenoxy) is 2. The van der Waals surface area contributed by atoms with E-state index in [1.54, 1.807) is 0 Å². The van der Waals surface area contributed by atoms with Gasteiger partial charge in [-0.1, -0.05) is 0 Å². The maximum absolute atomic E-state index is 13.1. The van der Waals surface area contributed by atoms with E-state index in [-0.39, 0.29) is 24.3 Å². The van der Waals surface area contributed by atoms with E-state index < -0.39 is 0 Å². The summed E-state index contributed by atoms with van der Waals surface area (Å²) in [5.41, 5.74) is 4.39. The highest BCUT2D eigenvalue weighted by Crippen LogP contribution is 2.46. The second-order valence-electron chi connectivity index (χ2n) is 9.30. The molecule has 1 aromatic heterocycles. The predicted octanol–water partition coefficient (Wildman–Crippen LogP) is 4.48. The number of anilines is 1. The molecule has 1 unspecified atom stereocenters. The number of fused-ring (bicyclic) bond motifs is 1. The number of carbonyl (C=O) groups excluding carboxylic acids is 1. The first-order valence-electron chi connectivity index (χ1n) is 11.5. The first-order chi connectivity index (χ1) is 14.7. The van der Waals surface area contributed by atoms with Gasteiger partial charge in [-0.3, -0.25) is 4.79 Å². The van der Waals surface area contributed by atoms with E-state index in [4.69, 9.17) is 9.47 Å². The van der Waals surface area contributed by atoms with Gasteiger partial charge in [0.25, 0.3) is 0 Å². The van der Waals surface area contributed by atoms with Crippen molar-refractivity contribution in [1.82, 2.24) is 9.78 Å². The van der Waals surface area contributed by atoms with Gasteiger partial charge in [-0.2, -0.15) is 5.10 Å². The third kappa shape index (κ3) is 3.04. The molecule has 2 aliphatic carbocycles. The maximum Gasteiger partial charge on any atom is 0.230 e. The molecule has 158 valence electrons. The first kappa shape index (κ1) is 18.4. The molecule has 6 heteroatoms. The number of carbonyl (C=O) groups is 1. The van der Waals surface area contributed by atoms with Crippen LogP contribution in [0.3, 0.4) is 0 Å². The van der Waals surface area contributed by atoms with E-state index >= 15 is 0 Å². The number of nitrogens with zero attached hydrogens (tertiary/aromatic N) is 3. The van der Waals surface area contributed by atoms with Crippen molar-refractivity contribution in [3.63, 3.8) is 0 Å². The Morgan fingerprint density at radius 3 is 2.67 bits per heavy atom. The van der Waals surface area contributed by atoms with Crippen molar-refractivity contribution in [3.05, 3.63) is 30.1 Å². The van der Waals surface area contributed by atoms with E-state index in [0.29, 0.717) is 5.91 Å². The number of amides is 1. The third-order valence-electron chi connectivity index (χ3n) is 7.13. The molecule has 2 saturated carbocycles. The number of hydrogen-bond acceptors (Lipinski definition) is 4. The Bertz CT molecular complexity index is 972. The molecule has 0 spiro atoms. The molecule has 0 N–H and O–H groups in total. The van der Waals surface area contributed by atoms with Gasteiger partial charge >= 0.3 is 0 Å². The van der Waals surface area contributed by atoms with Crippen LogP contribution in [-0.2, 0) is 16.0 Å². The van der Waals surface area contributed by atoms with E-state index in [1.165, 1.54) is 12.0 Å². The van der Waals surface area contributed by atoms with Gasteiger partial charge in [0.15, 0.2) is 6.23 Å². The first-order valence-corrected chi connectivity index (χ1v) is 11.5. The van der Waals surface area contributed by atoms with E-state index in [9.17, 15) is 4.79 Å². The average Bonchev–Trinajstić information content (AvgIpc) is 3.42. The summed E-state index contributed by atoms with van der Waals surface area (Å²) in [6.45, 7) is 2.98. The number of rotatable bonds is 5. The van der Waals surface area contributed by atoms with Crippen LogP contribution < -0.4 is 9.64 Å². The lowest BCUT2D eigenvalue weighted by molar-refractivity contribution is -0.120. The molecule has 0 radical (unpaired) electrons. The quantitative estimate of drug-likeness (QED) is 0.733. The van der Waals surface area contributed by atoms with Crippen molar-refractivity contribution in [2.75, 3.05) is 11.5 Å². The summed E-state index contributed by atoms with van der Waals surface area (Å²) in [5.74, 6) is 1.47. The van der Waals surface area contributed by atoms with Crippen molar-refractivity contribution in [2.24, 2.45) is 5.92 Å². The Hall–Kier alpha value is -2.34. The van der Waals surface area contributed by atoms with Gasteiger partial charge in [0.05, 0.1) is 24.6 Å². The van der Waals surface area contributed by atoms with Gasteiger partial charge in [0.2, 0.25) is 5.91 Å². The van der Waals surface area contributed by atoms with Crippen LogP contribution in [0.25, 0.3) is 11.1 Å². The van der Waals surface area contributed by atoms with Gasteiger partial charge in [-0.25, -0.2) is 4.68 Å². The van der Waals surface area contributed by atoms with Crippen LogP contribution in [0.2, 0.25) is 0 Å². The van der Waals surface area contributed by atoms with Crippen LogP contribution in [0.5, 0.6) is 5.75 Å². The summed E-state index contributed by atoms with van der Waals surface area (Å²) in [7, 11) is 0. The van der Waals surface area contributed by atoms with Gasteiger partial charge < -0.3 is 14.4 Å². The Labute approximate surface area is 177 Å². The average molecular weight is 408 g/mol. The summed E-state index contributed by atoms with van der Waals surface area (Å²) < 4.78 is 14.1. The molecule has 4 aliphatic rings. The smallest absolute Gasteiger partial charge is 0.230 e. The van der Waals surface area contributed by atoms with Crippen molar-refractivity contribution in [2.45, 2.75) is 76.7 Å². The van der Waals surface area contributed by atoms with Crippen molar-refractivity contribution >= 4 is 11.6 Å². The molecule has 6 rings (SSSR count). The minimum atomic E-state index is 0.0554. The Morgan fingerprint density at radius 2 is 2.00 bits per heavy atom. The Kier molecular flexibility index (Phi) is 4.37. The predicted molar refractivity (Wildman–Crippen MR) is 114 cm³/mol. The molecule has 30 heavy (non-hydrogen) atoms. The molecular weight excluding hydrogens is 378 g/mol. The van der Waals surface area contributed by atoms with Crippen molar-refractivity contribution in [1.29, 1.82) is 0 Å². The standard InChI is InChI=1S/C24H29N3O3/c1-15-5-8-20-21(27(15)24(28)16-6-7-16)10-9-19(23(20)30-18-3-2-4-18)17-13-25-26(14-17)22-11-12-29-22/h9-10,13-16,18,22H,2-8,11-12H2,1H3/t15-,22?/m0/s1. The fourth-order valence-corrected chi connectivity index (χ4v) is 4.75. The molecule has 1 aromatic carbocycles. The lowest BCUT2D eigenvalue weighted by atomic mass is 9.91. The zero-order chi connectivity index (χ0) is 20.2.